The average Bonchev–Trinajstić information content (AvgIpc) is 2.82. The van der Waals surface area contributed by atoms with Crippen LogP contribution in [0.2, 0.25) is 0 Å². The molecule has 0 N–H and O–H groups in total. The lowest BCUT2D eigenvalue weighted by atomic mass is 10.0. The number of rotatable bonds is 2. The molecular weight excluding hydrogens is 210 g/mol. The van der Waals surface area contributed by atoms with Crippen LogP contribution in [0, 0.1) is 5.92 Å². The van der Waals surface area contributed by atoms with Gasteiger partial charge in [0.2, 0.25) is 5.91 Å². The zero-order valence-electron chi connectivity index (χ0n) is 9.25. The lowest BCUT2D eigenvalue weighted by molar-refractivity contribution is -0.132. The van der Waals surface area contributed by atoms with E-state index < -0.39 is 0 Å². The minimum Gasteiger partial charge on any atom is -0.341 e. The van der Waals surface area contributed by atoms with Crippen molar-refractivity contribution >= 4 is 17.5 Å². The van der Waals surface area contributed by atoms with Crippen molar-refractivity contribution < 1.29 is 4.79 Å². The Morgan fingerprint density at radius 2 is 1.67 bits per heavy atom. The smallest absolute Gasteiger partial charge is 0.240 e. The summed E-state index contributed by atoms with van der Waals surface area (Å²) >= 11 is 6.28. The fourth-order valence-corrected chi connectivity index (χ4v) is 3.13. The molecule has 1 saturated heterocycles. The molecule has 2 fully saturated rings. The minimum absolute atomic E-state index is 0.197. The first-order chi connectivity index (χ1) is 7.29. The van der Waals surface area contributed by atoms with Crippen molar-refractivity contribution in [2.75, 3.05) is 13.1 Å². The van der Waals surface area contributed by atoms with Crippen molar-refractivity contribution in [1.29, 1.82) is 0 Å². The topological polar surface area (TPSA) is 20.3 Å². The summed E-state index contributed by atoms with van der Waals surface area (Å²) in [7, 11) is 0. The Hall–Kier alpha value is -0.240. The minimum atomic E-state index is -0.245. The highest BCUT2D eigenvalue weighted by Gasteiger charge is 2.32. The second-order valence-corrected chi connectivity index (χ2v) is 5.30. The maximum atomic E-state index is 12.1. The zero-order valence-corrected chi connectivity index (χ0v) is 10.0. The first kappa shape index (κ1) is 11.3. The lowest BCUT2D eigenvalue weighted by Gasteiger charge is -2.30. The van der Waals surface area contributed by atoms with Crippen LogP contribution in [-0.2, 0) is 4.79 Å². The monoisotopic (exact) mass is 229 g/mol. The number of hydrogen-bond acceptors (Lipinski definition) is 1. The van der Waals surface area contributed by atoms with E-state index in [9.17, 15) is 4.79 Å². The van der Waals surface area contributed by atoms with E-state index in [-0.39, 0.29) is 11.3 Å². The van der Waals surface area contributed by atoms with Gasteiger partial charge in [-0.15, -0.1) is 11.6 Å². The number of alkyl halides is 1. The van der Waals surface area contributed by atoms with Crippen LogP contribution in [0.3, 0.4) is 0 Å². The van der Waals surface area contributed by atoms with E-state index in [4.69, 9.17) is 11.6 Å². The van der Waals surface area contributed by atoms with Crippen LogP contribution < -0.4 is 0 Å². The number of likely N-dealkylation sites (tertiary alicyclic amines) is 1. The molecule has 2 aliphatic rings. The second kappa shape index (κ2) is 5.20. The van der Waals surface area contributed by atoms with Crippen LogP contribution in [0.15, 0.2) is 0 Å². The van der Waals surface area contributed by atoms with Gasteiger partial charge in [-0.05, 0) is 38.0 Å². The molecule has 1 unspecified atom stereocenters. The number of nitrogens with zero attached hydrogens (tertiary/aromatic N) is 1. The molecular formula is C12H20ClNO. The predicted molar refractivity (Wildman–Crippen MR) is 62.0 cm³/mol. The highest BCUT2D eigenvalue weighted by molar-refractivity contribution is 6.30. The Morgan fingerprint density at radius 3 is 2.27 bits per heavy atom. The van der Waals surface area contributed by atoms with Crippen LogP contribution in [0.1, 0.15) is 44.9 Å². The molecule has 0 spiro atoms. The van der Waals surface area contributed by atoms with E-state index in [1.807, 2.05) is 4.90 Å². The molecule has 1 heterocycles. The quantitative estimate of drug-likeness (QED) is 0.667. The van der Waals surface area contributed by atoms with E-state index in [1.54, 1.807) is 0 Å². The molecule has 0 radical (unpaired) electrons. The molecule has 0 aromatic heterocycles. The number of amides is 1. The number of carbonyl (C=O) groups excluding carboxylic acids is 1. The van der Waals surface area contributed by atoms with Crippen molar-refractivity contribution in [2.24, 2.45) is 5.92 Å². The summed E-state index contributed by atoms with van der Waals surface area (Å²) in [6.45, 7) is 1.85. The molecule has 86 valence electrons. The van der Waals surface area contributed by atoms with Crippen molar-refractivity contribution in [1.82, 2.24) is 4.90 Å². The number of halogens is 1. The van der Waals surface area contributed by atoms with Gasteiger partial charge in [-0.3, -0.25) is 4.79 Å². The van der Waals surface area contributed by atoms with Gasteiger partial charge < -0.3 is 4.90 Å². The first-order valence-corrected chi connectivity index (χ1v) is 6.65. The SMILES string of the molecule is O=C(C(Cl)C1CCCC1)N1CCCCC1. The number of piperidine rings is 1. The molecule has 0 aromatic carbocycles. The molecule has 1 aliphatic heterocycles. The van der Waals surface area contributed by atoms with Gasteiger partial charge in [-0.1, -0.05) is 12.8 Å². The van der Waals surface area contributed by atoms with Crippen LogP contribution in [0.25, 0.3) is 0 Å². The number of carbonyl (C=O) groups is 1. The van der Waals surface area contributed by atoms with E-state index in [0.29, 0.717) is 5.92 Å². The van der Waals surface area contributed by atoms with Gasteiger partial charge in [0.1, 0.15) is 5.38 Å². The van der Waals surface area contributed by atoms with Gasteiger partial charge in [-0.25, -0.2) is 0 Å². The average molecular weight is 230 g/mol. The molecule has 3 heteroatoms. The Labute approximate surface area is 97.0 Å². The summed E-state index contributed by atoms with van der Waals surface area (Å²) in [5, 5.41) is -0.245. The van der Waals surface area contributed by atoms with Gasteiger partial charge in [0.25, 0.3) is 0 Å². The molecule has 0 bridgehead atoms. The fraction of sp³-hybridized carbons (Fsp3) is 0.917. The maximum absolute atomic E-state index is 12.1. The van der Waals surface area contributed by atoms with E-state index >= 15 is 0 Å². The maximum Gasteiger partial charge on any atom is 0.240 e. The second-order valence-electron chi connectivity index (χ2n) is 4.83. The molecule has 1 saturated carbocycles. The zero-order chi connectivity index (χ0) is 10.7. The van der Waals surface area contributed by atoms with Crippen LogP contribution >= 0.6 is 11.6 Å². The normalized spacial score (nSPS) is 25.5. The van der Waals surface area contributed by atoms with Crippen molar-refractivity contribution in [3.8, 4) is 0 Å². The highest BCUT2D eigenvalue weighted by Crippen LogP contribution is 2.31. The third kappa shape index (κ3) is 2.66. The first-order valence-electron chi connectivity index (χ1n) is 6.22. The van der Waals surface area contributed by atoms with Crippen LogP contribution in [0.4, 0.5) is 0 Å². The third-order valence-corrected chi connectivity index (χ3v) is 4.26. The third-order valence-electron chi connectivity index (χ3n) is 3.72. The molecule has 1 aliphatic carbocycles. The summed E-state index contributed by atoms with van der Waals surface area (Å²) in [5.74, 6) is 0.643. The standard InChI is InChI=1S/C12H20ClNO/c13-11(10-6-2-3-7-10)12(15)14-8-4-1-5-9-14/h10-11H,1-9H2. The van der Waals surface area contributed by atoms with Crippen molar-refractivity contribution in [2.45, 2.75) is 50.3 Å². The lowest BCUT2D eigenvalue weighted by Crippen LogP contribution is -2.42. The highest BCUT2D eigenvalue weighted by atomic mass is 35.5. The largest absolute Gasteiger partial charge is 0.341 e. The molecule has 1 atom stereocenters. The van der Waals surface area contributed by atoms with Gasteiger partial charge in [0.15, 0.2) is 0 Å². The summed E-state index contributed by atoms with van der Waals surface area (Å²) in [4.78, 5) is 14.1. The Morgan fingerprint density at radius 1 is 1.07 bits per heavy atom. The van der Waals surface area contributed by atoms with E-state index in [0.717, 1.165) is 38.8 Å². The van der Waals surface area contributed by atoms with Gasteiger partial charge >= 0.3 is 0 Å². The van der Waals surface area contributed by atoms with Crippen molar-refractivity contribution in [3.05, 3.63) is 0 Å². The predicted octanol–water partition coefficient (Wildman–Crippen LogP) is 2.80. The summed E-state index contributed by atoms with van der Waals surface area (Å²) in [6.07, 6.45) is 8.37. The molecule has 1 amide bonds. The van der Waals surface area contributed by atoms with Gasteiger partial charge in [-0.2, -0.15) is 0 Å². The number of hydrogen-bond donors (Lipinski definition) is 0. The Balaban J connectivity index is 1.87. The van der Waals surface area contributed by atoms with Gasteiger partial charge in [0.05, 0.1) is 0 Å². The molecule has 2 rings (SSSR count). The van der Waals surface area contributed by atoms with E-state index in [2.05, 4.69) is 0 Å². The molecule has 15 heavy (non-hydrogen) atoms. The Bertz CT molecular complexity index is 220. The Kier molecular flexibility index (Phi) is 3.90. The van der Waals surface area contributed by atoms with E-state index in [1.165, 1.54) is 19.3 Å². The summed E-state index contributed by atoms with van der Waals surface area (Å²) in [6, 6.07) is 0. The van der Waals surface area contributed by atoms with Crippen LogP contribution in [0.5, 0.6) is 0 Å². The summed E-state index contributed by atoms with van der Waals surface area (Å²) in [5.41, 5.74) is 0. The molecule has 0 aromatic rings. The fourth-order valence-electron chi connectivity index (χ4n) is 2.74. The van der Waals surface area contributed by atoms with Crippen molar-refractivity contribution in [3.63, 3.8) is 0 Å². The van der Waals surface area contributed by atoms with Gasteiger partial charge in [0, 0.05) is 13.1 Å². The van der Waals surface area contributed by atoms with Crippen LogP contribution in [-0.4, -0.2) is 29.3 Å². The summed E-state index contributed by atoms with van der Waals surface area (Å²) < 4.78 is 0. The molecule has 2 nitrogen and oxygen atoms in total.